The van der Waals surface area contributed by atoms with Gasteiger partial charge in [0.1, 0.15) is 10.7 Å². The van der Waals surface area contributed by atoms with Crippen LogP contribution in [0.15, 0.2) is 18.2 Å². The first-order valence-electron chi connectivity index (χ1n) is 5.11. The Hall–Kier alpha value is -1.46. The minimum atomic E-state index is -1.02. The van der Waals surface area contributed by atoms with Crippen LogP contribution < -0.4 is 0 Å². The average molecular weight is 286 g/mol. The number of carboxylic acids is 1. The van der Waals surface area contributed by atoms with E-state index in [-0.39, 0.29) is 11.3 Å². The molecule has 0 bridgehead atoms. The largest absolute Gasteiger partial charge is 0.477 e. The highest BCUT2D eigenvalue weighted by molar-refractivity contribution is 7.13. The third kappa shape index (κ3) is 2.52. The molecule has 1 N–H and O–H groups in total. The summed E-state index contributed by atoms with van der Waals surface area (Å²) in [6.45, 7) is 1.62. The Bertz CT molecular complexity index is 592. The average Bonchev–Trinajstić information content (AvgIpc) is 2.65. The highest BCUT2D eigenvalue weighted by Gasteiger charge is 2.16. The van der Waals surface area contributed by atoms with Crippen molar-refractivity contribution < 1.29 is 14.3 Å². The van der Waals surface area contributed by atoms with Crippen molar-refractivity contribution >= 4 is 28.9 Å². The highest BCUT2D eigenvalue weighted by Crippen LogP contribution is 2.26. The van der Waals surface area contributed by atoms with Crippen molar-refractivity contribution in [2.24, 2.45) is 0 Å². The van der Waals surface area contributed by atoms with Crippen LogP contribution in [0.5, 0.6) is 0 Å². The topological polar surface area (TPSA) is 50.2 Å². The molecule has 18 heavy (non-hydrogen) atoms. The maximum absolute atomic E-state index is 13.6. The standard InChI is InChI=1S/C12H9ClFNO2S/c1-6-11(12(16)17)18-10(15-6)5-7-8(13)3-2-4-9(7)14/h2-4H,5H2,1H3,(H,16,17). The van der Waals surface area contributed by atoms with Gasteiger partial charge < -0.3 is 5.11 Å². The molecule has 0 saturated carbocycles. The van der Waals surface area contributed by atoms with Gasteiger partial charge in [-0.25, -0.2) is 14.2 Å². The number of halogens is 2. The van der Waals surface area contributed by atoms with E-state index in [0.717, 1.165) is 11.3 Å². The Morgan fingerprint density at radius 1 is 1.56 bits per heavy atom. The lowest BCUT2D eigenvalue weighted by Crippen LogP contribution is -1.94. The van der Waals surface area contributed by atoms with Crippen molar-refractivity contribution in [3.8, 4) is 0 Å². The lowest BCUT2D eigenvalue weighted by atomic mass is 10.1. The first-order valence-corrected chi connectivity index (χ1v) is 6.31. The van der Waals surface area contributed by atoms with Crippen LogP contribution >= 0.6 is 22.9 Å². The SMILES string of the molecule is Cc1nc(Cc2c(F)cccc2Cl)sc1C(=O)O. The number of benzene rings is 1. The van der Waals surface area contributed by atoms with E-state index in [4.69, 9.17) is 16.7 Å². The van der Waals surface area contributed by atoms with Crippen LogP contribution in [0.4, 0.5) is 4.39 Å². The molecular formula is C12H9ClFNO2S. The molecule has 1 aromatic heterocycles. The molecule has 0 aliphatic carbocycles. The van der Waals surface area contributed by atoms with Crippen molar-refractivity contribution in [2.75, 3.05) is 0 Å². The summed E-state index contributed by atoms with van der Waals surface area (Å²) >= 11 is 6.95. The van der Waals surface area contributed by atoms with Gasteiger partial charge >= 0.3 is 5.97 Å². The van der Waals surface area contributed by atoms with Crippen LogP contribution in [0, 0.1) is 12.7 Å². The Balaban J connectivity index is 2.35. The number of hydrogen-bond acceptors (Lipinski definition) is 3. The summed E-state index contributed by atoms with van der Waals surface area (Å²) < 4.78 is 13.6. The second-order valence-corrected chi connectivity index (χ2v) is 5.20. The molecule has 0 spiro atoms. The van der Waals surface area contributed by atoms with Crippen LogP contribution in [-0.2, 0) is 6.42 Å². The highest BCUT2D eigenvalue weighted by atomic mass is 35.5. The van der Waals surface area contributed by atoms with Crippen molar-refractivity contribution in [3.05, 3.63) is 50.2 Å². The Morgan fingerprint density at radius 2 is 2.28 bits per heavy atom. The predicted octanol–water partition coefficient (Wildman–Crippen LogP) is 3.53. The van der Waals surface area contributed by atoms with Gasteiger partial charge in [-0.15, -0.1) is 11.3 Å². The van der Waals surface area contributed by atoms with Crippen LogP contribution in [0.1, 0.15) is 25.9 Å². The monoisotopic (exact) mass is 285 g/mol. The summed E-state index contributed by atoms with van der Waals surface area (Å²) in [7, 11) is 0. The summed E-state index contributed by atoms with van der Waals surface area (Å²) in [5, 5.41) is 9.78. The summed E-state index contributed by atoms with van der Waals surface area (Å²) in [6.07, 6.45) is 0.199. The molecule has 1 heterocycles. The fourth-order valence-corrected chi connectivity index (χ4v) is 2.72. The zero-order chi connectivity index (χ0) is 13.3. The lowest BCUT2D eigenvalue weighted by Gasteiger charge is -2.02. The van der Waals surface area contributed by atoms with Gasteiger partial charge in [-0.1, -0.05) is 17.7 Å². The molecule has 2 aromatic rings. The maximum Gasteiger partial charge on any atom is 0.347 e. The molecule has 0 fully saturated rings. The first kappa shape index (κ1) is 13.0. The molecular weight excluding hydrogens is 277 g/mol. The summed E-state index contributed by atoms with van der Waals surface area (Å²) in [4.78, 5) is 15.2. The number of hydrogen-bond donors (Lipinski definition) is 1. The third-order valence-electron chi connectivity index (χ3n) is 2.42. The molecule has 0 unspecified atom stereocenters. The van der Waals surface area contributed by atoms with Crippen molar-refractivity contribution in [2.45, 2.75) is 13.3 Å². The molecule has 94 valence electrons. The van der Waals surface area contributed by atoms with Gasteiger partial charge in [0.15, 0.2) is 0 Å². The fourth-order valence-electron chi connectivity index (χ4n) is 1.58. The predicted molar refractivity (Wildman–Crippen MR) is 68.0 cm³/mol. The summed E-state index contributed by atoms with van der Waals surface area (Å²) in [5.74, 6) is -1.43. The second-order valence-electron chi connectivity index (χ2n) is 3.70. The van der Waals surface area contributed by atoms with Gasteiger partial charge in [-0.05, 0) is 19.1 Å². The lowest BCUT2D eigenvalue weighted by molar-refractivity contribution is 0.0701. The molecule has 0 atom stereocenters. The van der Waals surface area contributed by atoms with E-state index in [1.807, 2.05) is 0 Å². The van der Waals surface area contributed by atoms with E-state index < -0.39 is 11.8 Å². The summed E-state index contributed by atoms with van der Waals surface area (Å²) in [5.41, 5.74) is 0.778. The number of aryl methyl sites for hydroxylation is 1. The zero-order valence-electron chi connectivity index (χ0n) is 9.41. The van der Waals surface area contributed by atoms with E-state index in [1.165, 1.54) is 12.1 Å². The van der Waals surface area contributed by atoms with Crippen LogP contribution in [0.2, 0.25) is 5.02 Å². The minimum absolute atomic E-state index is 0.178. The Labute approximate surface area is 112 Å². The molecule has 0 aliphatic heterocycles. The van der Waals surface area contributed by atoms with E-state index in [1.54, 1.807) is 13.0 Å². The fraction of sp³-hybridized carbons (Fsp3) is 0.167. The smallest absolute Gasteiger partial charge is 0.347 e. The van der Waals surface area contributed by atoms with Gasteiger partial charge in [0.25, 0.3) is 0 Å². The number of rotatable bonds is 3. The second kappa shape index (κ2) is 5.04. The molecule has 2 rings (SSSR count). The van der Waals surface area contributed by atoms with Gasteiger partial charge in [-0.3, -0.25) is 0 Å². The number of aromatic nitrogens is 1. The van der Waals surface area contributed by atoms with Crippen LogP contribution in [-0.4, -0.2) is 16.1 Å². The maximum atomic E-state index is 13.6. The minimum Gasteiger partial charge on any atom is -0.477 e. The number of aromatic carboxylic acids is 1. The van der Waals surface area contributed by atoms with Gasteiger partial charge in [-0.2, -0.15) is 0 Å². The number of carboxylic acid groups (broad SMARTS) is 1. The number of carbonyl (C=O) groups is 1. The Morgan fingerprint density at radius 3 is 2.83 bits per heavy atom. The van der Waals surface area contributed by atoms with Gasteiger partial charge in [0, 0.05) is 17.0 Å². The number of nitrogens with zero attached hydrogens (tertiary/aromatic N) is 1. The zero-order valence-corrected chi connectivity index (χ0v) is 11.0. The normalized spacial score (nSPS) is 10.6. The molecule has 0 aliphatic rings. The van der Waals surface area contributed by atoms with Crippen molar-refractivity contribution in [1.29, 1.82) is 0 Å². The third-order valence-corrected chi connectivity index (χ3v) is 3.92. The number of thiazole rings is 1. The molecule has 3 nitrogen and oxygen atoms in total. The van der Waals surface area contributed by atoms with E-state index in [9.17, 15) is 9.18 Å². The molecule has 6 heteroatoms. The van der Waals surface area contributed by atoms with Crippen molar-refractivity contribution in [1.82, 2.24) is 4.98 Å². The van der Waals surface area contributed by atoms with Gasteiger partial charge in [0.05, 0.1) is 10.7 Å². The van der Waals surface area contributed by atoms with Crippen LogP contribution in [0.25, 0.3) is 0 Å². The Kier molecular flexibility index (Phi) is 3.63. The molecule has 0 radical (unpaired) electrons. The first-order chi connectivity index (χ1) is 8.49. The van der Waals surface area contributed by atoms with E-state index >= 15 is 0 Å². The van der Waals surface area contributed by atoms with Crippen LogP contribution in [0.3, 0.4) is 0 Å². The molecule has 0 amide bonds. The van der Waals surface area contributed by atoms with E-state index in [2.05, 4.69) is 4.98 Å². The quantitative estimate of drug-likeness (QED) is 0.938. The van der Waals surface area contributed by atoms with E-state index in [0.29, 0.717) is 21.3 Å². The van der Waals surface area contributed by atoms with Crippen molar-refractivity contribution in [3.63, 3.8) is 0 Å². The molecule has 0 saturated heterocycles. The molecule has 1 aromatic carbocycles. The summed E-state index contributed by atoms with van der Waals surface area (Å²) in [6, 6.07) is 4.44. The van der Waals surface area contributed by atoms with Gasteiger partial charge in [0.2, 0.25) is 0 Å².